The van der Waals surface area contributed by atoms with E-state index in [9.17, 15) is 5.11 Å². The Balaban J connectivity index is 2.56. The van der Waals surface area contributed by atoms with E-state index in [0.29, 0.717) is 18.7 Å². The van der Waals surface area contributed by atoms with Crippen molar-refractivity contribution in [3.05, 3.63) is 42.0 Å². The van der Waals surface area contributed by atoms with Gasteiger partial charge in [0.05, 0.1) is 0 Å². The summed E-state index contributed by atoms with van der Waals surface area (Å²) in [7, 11) is 0. The molecule has 2 nitrogen and oxygen atoms in total. The lowest BCUT2D eigenvalue weighted by molar-refractivity contribution is 0.481. The maximum absolute atomic E-state index is 9.70. The second-order valence-electron chi connectivity index (χ2n) is 3.52. The maximum Gasteiger partial charge on any atom is 0.123 e. The van der Waals surface area contributed by atoms with Crippen LogP contribution in [0.4, 0.5) is 0 Å². The Kier molecular flexibility index (Phi) is 3.09. The van der Waals surface area contributed by atoms with Gasteiger partial charge in [0.1, 0.15) is 5.75 Å². The predicted molar refractivity (Wildman–Crippen MR) is 66.2 cm³/mol. The van der Waals surface area contributed by atoms with Crippen molar-refractivity contribution in [2.24, 2.45) is 5.73 Å². The molecule has 0 aromatic heterocycles. The van der Waals surface area contributed by atoms with Crippen molar-refractivity contribution in [3.8, 4) is 17.6 Å². The Hall–Kier alpha value is -1.98. The molecule has 0 amide bonds. The fraction of sp³-hybridized carbons (Fsp3) is 0.143. The number of benzene rings is 2. The maximum atomic E-state index is 9.70. The van der Waals surface area contributed by atoms with E-state index in [2.05, 4.69) is 11.8 Å². The van der Waals surface area contributed by atoms with E-state index < -0.39 is 0 Å². The molecule has 2 heteroatoms. The van der Waals surface area contributed by atoms with Gasteiger partial charge in [0.25, 0.3) is 0 Å². The SMILES string of the molecule is NCCC#Cc1ccc(O)c2ccccc12. The molecule has 0 heterocycles. The molecule has 0 unspecified atom stereocenters. The third-order valence-corrected chi connectivity index (χ3v) is 2.39. The molecule has 80 valence electrons. The van der Waals surface area contributed by atoms with Crippen LogP contribution in [0, 0.1) is 11.8 Å². The van der Waals surface area contributed by atoms with Gasteiger partial charge in [0, 0.05) is 29.3 Å². The minimum atomic E-state index is 0.292. The van der Waals surface area contributed by atoms with E-state index in [1.165, 1.54) is 0 Å². The van der Waals surface area contributed by atoms with Crippen LogP contribution < -0.4 is 5.73 Å². The van der Waals surface area contributed by atoms with Gasteiger partial charge in [-0.15, -0.1) is 0 Å². The average molecular weight is 211 g/mol. The summed E-state index contributed by atoms with van der Waals surface area (Å²) >= 11 is 0. The highest BCUT2D eigenvalue weighted by atomic mass is 16.3. The summed E-state index contributed by atoms with van der Waals surface area (Å²) in [5.41, 5.74) is 6.32. The number of phenols is 1. The molecule has 0 aliphatic carbocycles. The summed E-state index contributed by atoms with van der Waals surface area (Å²) < 4.78 is 0. The van der Waals surface area contributed by atoms with E-state index in [-0.39, 0.29) is 0 Å². The second kappa shape index (κ2) is 4.69. The Morgan fingerprint density at radius 3 is 2.56 bits per heavy atom. The van der Waals surface area contributed by atoms with Gasteiger partial charge in [-0.05, 0) is 12.1 Å². The Labute approximate surface area is 94.7 Å². The molecule has 0 aliphatic rings. The molecule has 2 rings (SSSR count). The third kappa shape index (κ3) is 2.00. The monoisotopic (exact) mass is 211 g/mol. The zero-order valence-electron chi connectivity index (χ0n) is 8.90. The number of fused-ring (bicyclic) bond motifs is 1. The lowest BCUT2D eigenvalue weighted by atomic mass is 10.0. The summed E-state index contributed by atoms with van der Waals surface area (Å²) in [5, 5.41) is 11.5. The molecule has 0 radical (unpaired) electrons. The zero-order valence-corrected chi connectivity index (χ0v) is 8.90. The molecule has 0 fully saturated rings. The van der Waals surface area contributed by atoms with Crippen molar-refractivity contribution in [1.82, 2.24) is 0 Å². The average Bonchev–Trinajstić information content (AvgIpc) is 2.33. The van der Waals surface area contributed by atoms with Crippen LogP contribution in [0.1, 0.15) is 12.0 Å². The highest BCUT2D eigenvalue weighted by Gasteiger charge is 2.01. The summed E-state index contributed by atoms with van der Waals surface area (Å²) in [6.45, 7) is 0.572. The normalized spacial score (nSPS) is 9.81. The molecular formula is C14H13NO. The van der Waals surface area contributed by atoms with Crippen LogP contribution >= 0.6 is 0 Å². The molecule has 0 saturated heterocycles. The molecule has 0 spiro atoms. The number of aromatic hydroxyl groups is 1. The topological polar surface area (TPSA) is 46.2 Å². The van der Waals surface area contributed by atoms with E-state index in [0.717, 1.165) is 16.3 Å². The van der Waals surface area contributed by atoms with Crippen LogP contribution in [0.25, 0.3) is 10.8 Å². The number of hydrogen-bond donors (Lipinski definition) is 2. The third-order valence-electron chi connectivity index (χ3n) is 2.39. The molecule has 0 aliphatic heterocycles. The summed E-state index contributed by atoms with van der Waals surface area (Å²) in [6.07, 6.45) is 0.690. The van der Waals surface area contributed by atoms with E-state index in [1.54, 1.807) is 6.07 Å². The van der Waals surface area contributed by atoms with Crippen LogP contribution in [0.5, 0.6) is 5.75 Å². The van der Waals surface area contributed by atoms with Crippen molar-refractivity contribution >= 4 is 10.8 Å². The van der Waals surface area contributed by atoms with E-state index in [1.807, 2.05) is 30.3 Å². The summed E-state index contributed by atoms with van der Waals surface area (Å²) in [5.74, 6) is 6.37. The van der Waals surface area contributed by atoms with Crippen molar-refractivity contribution in [3.63, 3.8) is 0 Å². The molecular weight excluding hydrogens is 198 g/mol. The van der Waals surface area contributed by atoms with E-state index >= 15 is 0 Å². The molecule has 2 aromatic rings. The molecule has 2 aromatic carbocycles. The van der Waals surface area contributed by atoms with Gasteiger partial charge in [-0.1, -0.05) is 36.1 Å². The molecule has 16 heavy (non-hydrogen) atoms. The quantitative estimate of drug-likeness (QED) is 0.711. The number of rotatable bonds is 1. The lowest BCUT2D eigenvalue weighted by Crippen LogP contribution is -1.95. The summed E-state index contributed by atoms with van der Waals surface area (Å²) in [6, 6.07) is 11.2. The highest BCUT2D eigenvalue weighted by Crippen LogP contribution is 2.26. The van der Waals surface area contributed by atoms with Gasteiger partial charge < -0.3 is 10.8 Å². The van der Waals surface area contributed by atoms with Crippen molar-refractivity contribution < 1.29 is 5.11 Å². The van der Waals surface area contributed by atoms with Gasteiger partial charge in [-0.25, -0.2) is 0 Å². The number of nitrogens with two attached hydrogens (primary N) is 1. The van der Waals surface area contributed by atoms with Gasteiger partial charge >= 0.3 is 0 Å². The van der Waals surface area contributed by atoms with Crippen molar-refractivity contribution in [2.45, 2.75) is 6.42 Å². The predicted octanol–water partition coefficient (Wildman–Crippen LogP) is 2.25. The zero-order chi connectivity index (χ0) is 11.4. The first-order valence-corrected chi connectivity index (χ1v) is 5.22. The lowest BCUT2D eigenvalue weighted by Gasteiger charge is -2.02. The highest BCUT2D eigenvalue weighted by molar-refractivity contribution is 5.92. The first-order chi connectivity index (χ1) is 7.83. The van der Waals surface area contributed by atoms with Gasteiger partial charge in [0.15, 0.2) is 0 Å². The first-order valence-electron chi connectivity index (χ1n) is 5.22. The minimum absolute atomic E-state index is 0.292. The minimum Gasteiger partial charge on any atom is -0.507 e. The van der Waals surface area contributed by atoms with Crippen LogP contribution in [-0.2, 0) is 0 Å². The Bertz CT molecular complexity index is 564. The molecule has 0 saturated carbocycles. The van der Waals surface area contributed by atoms with Gasteiger partial charge in [-0.2, -0.15) is 0 Å². The second-order valence-corrected chi connectivity index (χ2v) is 3.52. The largest absolute Gasteiger partial charge is 0.507 e. The van der Waals surface area contributed by atoms with Gasteiger partial charge in [0.2, 0.25) is 0 Å². The fourth-order valence-electron chi connectivity index (χ4n) is 1.62. The van der Waals surface area contributed by atoms with Crippen LogP contribution in [0.2, 0.25) is 0 Å². The first kappa shape index (κ1) is 10.5. The van der Waals surface area contributed by atoms with Crippen molar-refractivity contribution in [1.29, 1.82) is 0 Å². The molecule has 0 bridgehead atoms. The standard InChI is InChI=1S/C14H13NO/c15-10-4-3-5-11-8-9-14(16)13-7-2-1-6-12(11)13/h1-2,6-9,16H,4,10,15H2. The summed E-state index contributed by atoms with van der Waals surface area (Å²) in [4.78, 5) is 0. The number of hydrogen-bond acceptors (Lipinski definition) is 2. The molecule has 3 N–H and O–H groups in total. The van der Waals surface area contributed by atoms with Gasteiger partial charge in [-0.3, -0.25) is 0 Å². The fourth-order valence-corrected chi connectivity index (χ4v) is 1.62. The van der Waals surface area contributed by atoms with E-state index in [4.69, 9.17) is 5.73 Å². The Morgan fingerprint density at radius 1 is 1.06 bits per heavy atom. The number of phenolic OH excluding ortho intramolecular Hbond substituents is 1. The van der Waals surface area contributed by atoms with Crippen molar-refractivity contribution in [2.75, 3.05) is 6.54 Å². The van der Waals surface area contributed by atoms with Crippen LogP contribution in [0.3, 0.4) is 0 Å². The molecule has 0 atom stereocenters. The van der Waals surface area contributed by atoms with Crippen LogP contribution in [-0.4, -0.2) is 11.7 Å². The smallest absolute Gasteiger partial charge is 0.123 e. The Morgan fingerprint density at radius 2 is 1.81 bits per heavy atom. The van der Waals surface area contributed by atoms with Crippen LogP contribution in [0.15, 0.2) is 36.4 Å².